The molecule has 0 aliphatic rings. The van der Waals surface area contributed by atoms with Crippen LogP contribution in [-0.4, -0.2) is 17.3 Å². The van der Waals surface area contributed by atoms with Crippen molar-refractivity contribution in [3.05, 3.63) is 48.2 Å². The summed E-state index contributed by atoms with van der Waals surface area (Å²) in [4.78, 5) is 5.48. The predicted octanol–water partition coefficient (Wildman–Crippen LogP) is 2.86. The number of nitrogens with one attached hydrogen (secondary N) is 1. The second-order valence-electron chi connectivity index (χ2n) is 3.69. The van der Waals surface area contributed by atoms with Crippen molar-refractivity contribution in [2.75, 3.05) is 12.3 Å². The predicted molar refractivity (Wildman–Crippen MR) is 70.1 cm³/mol. The largest absolute Gasteiger partial charge is 0.468 e. The van der Waals surface area contributed by atoms with Gasteiger partial charge in [0, 0.05) is 29.9 Å². The monoisotopic (exact) mass is 248 g/mol. The van der Waals surface area contributed by atoms with Gasteiger partial charge >= 0.3 is 0 Å². The van der Waals surface area contributed by atoms with Crippen LogP contribution in [0.1, 0.15) is 11.5 Å². The maximum Gasteiger partial charge on any atom is 0.114 e. The van der Waals surface area contributed by atoms with Crippen LogP contribution in [0.3, 0.4) is 0 Å². The van der Waals surface area contributed by atoms with E-state index in [9.17, 15) is 0 Å². The molecule has 0 aliphatic carbocycles. The molecule has 0 atom stereocenters. The van der Waals surface area contributed by atoms with Crippen LogP contribution in [-0.2, 0) is 6.54 Å². The fraction of sp³-hybridized carbons (Fsp3) is 0.308. The summed E-state index contributed by atoms with van der Waals surface area (Å²) in [7, 11) is 0. The molecule has 0 radical (unpaired) electrons. The van der Waals surface area contributed by atoms with Crippen molar-refractivity contribution < 1.29 is 4.42 Å². The minimum atomic E-state index is 0.825. The average molecular weight is 248 g/mol. The Labute approximate surface area is 106 Å². The molecule has 3 nitrogen and oxygen atoms in total. The highest BCUT2D eigenvalue weighted by molar-refractivity contribution is 7.99. The Morgan fingerprint density at radius 3 is 3.00 bits per heavy atom. The van der Waals surface area contributed by atoms with E-state index in [0.29, 0.717) is 0 Å². The van der Waals surface area contributed by atoms with Crippen LogP contribution in [0.4, 0.5) is 0 Å². The molecule has 0 saturated carbocycles. The van der Waals surface area contributed by atoms with Crippen LogP contribution in [0.15, 0.2) is 46.0 Å². The molecule has 2 heterocycles. The molecule has 2 aromatic heterocycles. The Morgan fingerprint density at radius 1 is 1.35 bits per heavy atom. The van der Waals surface area contributed by atoms with E-state index in [1.807, 2.05) is 49.1 Å². The fourth-order valence-electron chi connectivity index (χ4n) is 1.48. The Kier molecular flexibility index (Phi) is 4.64. The van der Waals surface area contributed by atoms with Crippen LogP contribution in [0.5, 0.6) is 0 Å². The van der Waals surface area contributed by atoms with E-state index < -0.39 is 0 Å². The molecule has 0 unspecified atom stereocenters. The molecule has 0 aliphatic heterocycles. The maximum atomic E-state index is 5.24. The van der Waals surface area contributed by atoms with Crippen molar-refractivity contribution in [1.29, 1.82) is 0 Å². The number of aryl methyl sites for hydroxylation is 1. The zero-order chi connectivity index (χ0) is 11.9. The van der Waals surface area contributed by atoms with Gasteiger partial charge in [0.05, 0.1) is 12.0 Å². The summed E-state index contributed by atoms with van der Waals surface area (Å²) in [6.07, 6.45) is 3.56. The molecular weight excluding hydrogens is 232 g/mol. The summed E-state index contributed by atoms with van der Waals surface area (Å²) in [5.41, 5.74) is 1.08. The Hall–Kier alpha value is -1.26. The SMILES string of the molecule is Cc1occc1SCCNCc1ccccn1. The molecule has 0 spiro atoms. The van der Waals surface area contributed by atoms with E-state index in [1.54, 1.807) is 6.26 Å². The lowest BCUT2D eigenvalue weighted by Gasteiger charge is -2.03. The van der Waals surface area contributed by atoms with Crippen LogP contribution < -0.4 is 5.32 Å². The standard InChI is InChI=1S/C13H16N2OS/c1-11-13(5-8-16-11)17-9-7-14-10-12-4-2-3-6-15-12/h2-6,8,14H,7,9-10H2,1H3. The molecule has 1 N–H and O–H groups in total. The number of furan rings is 1. The van der Waals surface area contributed by atoms with Gasteiger partial charge in [0.2, 0.25) is 0 Å². The van der Waals surface area contributed by atoms with Gasteiger partial charge in [0.25, 0.3) is 0 Å². The average Bonchev–Trinajstić information content (AvgIpc) is 2.76. The normalized spacial score (nSPS) is 10.6. The topological polar surface area (TPSA) is 38.1 Å². The van der Waals surface area contributed by atoms with Crippen LogP contribution in [0.25, 0.3) is 0 Å². The lowest BCUT2D eigenvalue weighted by atomic mass is 10.3. The van der Waals surface area contributed by atoms with Crippen molar-refractivity contribution in [1.82, 2.24) is 10.3 Å². The summed E-state index contributed by atoms with van der Waals surface area (Å²) in [5, 5.41) is 3.37. The van der Waals surface area contributed by atoms with Gasteiger partial charge in [-0.1, -0.05) is 6.07 Å². The van der Waals surface area contributed by atoms with Gasteiger partial charge in [-0.05, 0) is 25.1 Å². The second kappa shape index (κ2) is 6.47. The highest BCUT2D eigenvalue weighted by Gasteiger charge is 2.00. The molecule has 0 aromatic carbocycles. The summed E-state index contributed by atoms with van der Waals surface area (Å²) >= 11 is 1.81. The summed E-state index contributed by atoms with van der Waals surface area (Å²) in [6, 6.07) is 7.98. The summed E-state index contributed by atoms with van der Waals surface area (Å²) < 4.78 is 5.24. The van der Waals surface area contributed by atoms with Crippen molar-refractivity contribution in [2.45, 2.75) is 18.4 Å². The Balaban J connectivity index is 1.63. The zero-order valence-corrected chi connectivity index (χ0v) is 10.7. The number of hydrogen-bond donors (Lipinski definition) is 1. The number of nitrogens with zero attached hydrogens (tertiary/aromatic N) is 1. The molecule has 17 heavy (non-hydrogen) atoms. The van der Waals surface area contributed by atoms with Gasteiger partial charge in [0.15, 0.2) is 0 Å². The van der Waals surface area contributed by atoms with Gasteiger partial charge in [-0.25, -0.2) is 0 Å². The van der Waals surface area contributed by atoms with Crippen LogP contribution in [0.2, 0.25) is 0 Å². The number of aromatic nitrogens is 1. The van der Waals surface area contributed by atoms with E-state index in [0.717, 1.165) is 30.3 Å². The fourth-order valence-corrected chi connectivity index (χ4v) is 2.34. The summed E-state index contributed by atoms with van der Waals surface area (Å²) in [5.74, 6) is 2.03. The zero-order valence-electron chi connectivity index (χ0n) is 9.85. The molecule has 0 amide bonds. The first-order valence-corrected chi connectivity index (χ1v) is 6.62. The van der Waals surface area contributed by atoms with E-state index in [1.165, 1.54) is 4.90 Å². The van der Waals surface area contributed by atoms with E-state index >= 15 is 0 Å². The smallest absolute Gasteiger partial charge is 0.114 e. The minimum absolute atomic E-state index is 0.825. The van der Waals surface area contributed by atoms with E-state index in [2.05, 4.69) is 10.3 Å². The van der Waals surface area contributed by atoms with Gasteiger partial charge in [-0.2, -0.15) is 0 Å². The lowest BCUT2D eigenvalue weighted by Crippen LogP contribution is -2.17. The number of hydrogen-bond acceptors (Lipinski definition) is 4. The molecule has 2 rings (SSSR count). The quantitative estimate of drug-likeness (QED) is 0.630. The third-order valence-corrected chi connectivity index (χ3v) is 3.52. The van der Waals surface area contributed by atoms with Crippen LogP contribution >= 0.6 is 11.8 Å². The first-order chi connectivity index (χ1) is 8.36. The van der Waals surface area contributed by atoms with E-state index in [-0.39, 0.29) is 0 Å². The van der Waals surface area contributed by atoms with Crippen molar-refractivity contribution >= 4 is 11.8 Å². The highest BCUT2D eigenvalue weighted by atomic mass is 32.2. The van der Waals surface area contributed by atoms with Crippen molar-refractivity contribution in [2.24, 2.45) is 0 Å². The van der Waals surface area contributed by atoms with Gasteiger partial charge in [-0.15, -0.1) is 11.8 Å². The van der Waals surface area contributed by atoms with Gasteiger partial charge < -0.3 is 9.73 Å². The third kappa shape index (κ3) is 3.91. The highest BCUT2D eigenvalue weighted by Crippen LogP contribution is 2.22. The Morgan fingerprint density at radius 2 is 2.29 bits per heavy atom. The number of rotatable bonds is 6. The first-order valence-electron chi connectivity index (χ1n) is 5.64. The van der Waals surface area contributed by atoms with Crippen LogP contribution in [0, 0.1) is 6.92 Å². The Bertz CT molecular complexity index is 442. The molecular formula is C13H16N2OS. The number of thioether (sulfide) groups is 1. The van der Waals surface area contributed by atoms with Crippen molar-refractivity contribution in [3.8, 4) is 0 Å². The van der Waals surface area contributed by atoms with Crippen molar-refractivity contribution in [3.63, 3.8) is 0 Å². The van der Waals surface area contributed by atoms with Gasteiger partial charge in [0.1, 0.15) is 5.76 Å². The second-order valence-corrected chi connectivity index (χ2v) is 4.82. The lowest BCUT2D eigenvalue weighted by molar-refractivity contribution is 0.527. The third-order valence-electron chi connectivity index (χ3n) is 2.38. The van der Waals surface area contributed by atoms with E-state index in [4.69, 9.17) is 4.42 Å². The maximum absolute atomic E-state index is 5.24. The summed E-state index contributed by atoms with van der Waals surface area (Å²) in [6.45, 7) is 3.78. The minimum Gasteiger partial charge on any atom is -0.468 e. The van der Waals surface area contributed by atoms with Gasteiger partial charge in [-0.3, -0.25) is 4.98 Å². The molecule has 0 saturated heterocycles. The molecule has 4 heteroatoms. The molecule has 90 valence electrons. The molecule has 0 bridgehead atoms. The first kappa shape index (κ1) is 12.2. The molecule has 0 fully saturated rings. The number of pyridine rings is 1. The molecule has 2 aromatic rings.